The molecule has 1 aliphatic rings. The van der Waals surface area contributed by atoms with E-state index in [1.807, 2.05) is 12.1 Å². The van der Waals surface area contributed by atoms with Crippen LogP contribution in [0.2, 0.25) is 0 Å². The first-order valence-corrected chi connectivity index (χ1v) is 7.04. The highest BCUT2D eigenvalue weighted by atomic mass is 79.9. The SMILES string of the molecule is CN1CCC(CNCc2cccc(Br)n2)CC1. The van der Waals surface area contributed by atoms with Crippen LogP contribution in [-0.2, 0) is 6.54 Å². The molecule has 1 aromatic rings. The van der Waals surface area contributed by atoms with Crippen molar-refractivity contribution in [3.8, 4) is 0 Å². The molecule has 2 heterocycles. The van der Waals surface area contributed by atoms with Gasteiger partial charge in [0.15, 0.2) is 0 Å². The van der Waals surface area contributed by atoms with Gasteiger partial charge in [-0.05, 0) is 73.5 Å². The van der Waals surface area contributed by atoms with E-state index in [0.717, 1.165) is 29.3 Å². The molecule has 17 heavy (non-hydrogen) atoms. The summed E-state index contributed by atoms with van der Waals surface area (Å²) in [5.74, 6) is 0.832. The molecule has 0 bridgehead atoms. The molecule has 0 spiro atoms. The smallest absolute Gasteiger partial charge is 0.106 e. The van der Waals surface area contributed by atoms with Gasteiger partial charge < -0.3 is 10.2 Å². The number of halogens is 1. The second-order valence-electron chi connectivity index (χ2n) is 4.83. The molecule has 0 radical (unpaired) electrons. The lowest BCUT2D eigenvalue weighted by Crippen LogP contribution is -2.34. The van der Waals surface area contributed by atoms with Crippen LogP contribution in [0.3, 0.4) is 0 Å². The predicted octanol–water partition coefficient (Wildman–Crippen LogP) is 2.28. The first-order chi connectivity index (χ1) is 8.24. The fourth-order valence-electron chi connectivity index (χ4n) is 2.22. The molecule has 0 atom stereocenters. The minimum atomic E-state index is 0.832. The Kier molecular flexibility index (Phi) is 4.95. The third-order valence-electron chi connectivity index (χ3n) is 3.35. The fraction of sp³-hybridized carbons (Fsp3) is 0.615. The van der Waals surface area contributed by atoms with Gasteiger partial charge in [-0.25, -0.2) is 4.98 Å². The summed E-state index contributed by atoms with van der Waals surface area (Å²) in [5, 5.41) is 3.51. The molecule has 4 heteroatoms. The first-order valence-electron chi connectivity index (χ1n) is 6.25. The number of rotatable bonds is 4. The number of hydrogen-bond acceptors (Lipinski definition) is 3. The molecule has 1 N–H and O–H groups in total. The van der Waals surface area contributed by atoms with Crippen molar-refractivity contribution in [2.75, 3.05) is 26.7 Å². The summed E-state index contributed by atoms with van der Waals surface area (Å²) in [5.41, 5.74) is 1.10. The zero-order chi connectivity index (χ0) is 12.1. The predicted molar refractivity (Wildman–Crippen MR) is 73.9 cm³/mol. The van der Waals surface area contributed by atoms with Gasteiger partial charge in [-0.2, -0.15) is 0 Å². The van der Waals surface area contributed by atoms with Crippen LogP contribution >= 0.6 is 15.9 Å². The van der Waals surface area contributed by atoms with Gasteiger partial charge in [-0.1, -0.05) is 6.07 Å². The summed E-state index contributed by atoms with van der Waals surface area (Å²) < 4.78 is 0.913. The molecule has 1 aromatic heterocycles. The Morgan fingerprint density at radius 3 is 2.88 bits per heavy atom. The summed E-state index contributed by atoms with van der Waals surface area (Å²) in [7, 11) is 2.20. The number of likely N-dealkylation sites (tertiary alicyclic amines) is 1. The van der Waals surface area contributed by atoms with Crippen molar-refractivity contribution in [2.24, 2.45) is 5.92 Å². The normalized spacial score (nSPS) is 18.5. The third kappa shape index (κ3) is 4.37. The quantitative estimate of drug-likeness (QED) is 0.864. The Morgan fingerprint density at radius 1 is 1.41 bits per heavy atom. The van der Waals surface area contributed by atoms with E-state index in [1.165, 1.54) is 25.9 Å². The molecule has 0 amide bonds. The van der Waals surface area contributed by atoms with Crippen molar-refractivity contribution in [2.45, 2.75) is 19.4 Å². The number of nitrogens with zero attached hydrogens (tertiary/aromatic N) is 2. The van der Waals surface area contributed by atoms with Crippen LogP contribution in [0.1, 0.15) is 18.5 Å². The van der Waals surface area contributed by atoms with Crippen LogP contribution in [0.5, 0.6) is 0 Å². The standard InChI is InChI=1S/C13H20BrN3/c1-17-7-5-11(6-8-17)9-15-10-12-3-2-4-13(14)16-12/h2-4,11,15H,5-10H2,1H3. The lowest BCUT2D eigenvalue weighted by molar-refractivity contribution is 0.216. The lowest BCUT2D eigenvalue weighted by atomic mass is 9.97. The van der Waals surface area contributed by atoms with Crippen molar-refractivity contribution < 1.29 is 0 Å². The highest BCUT2D eigenvalue weighted by Gasteiger charge is 2.15. The lowest BCUT2D eigenvalue weighted by Gasteiger charge is -2.29. The number of pyridine rings is 1. The Labute approximate surface area is 112 Å². The maximum absolute atomic E-state index is 4.41. The molecule has 0 aliphatic carbocycles. The number of hydrogen-bond donors (Lipinski definition) is 1. The van der Waals surface area contributed by atoms with Gasteiger partial charge in [0.1, 0.15) is 4.60 Å². The average molecular weight is 298 g/mol. The summed E-state index contributed by atoms with van der Waals surface area (Å²) in [6, 6.07) is 6.05. The van der Waals surface area contributed by atoms with E-state index in [2.05, 4.69) is 44.2 Å². The summed E-state index contributed by atoms with van der Waals surface area (Å²) in [6.07, 6.45) is 2.63. The summed E-state index contributed by atoms with van der Waals surface area (Å²) in [4.78, 5) is 6.82. The Balaban J connectivity index is 1.69. The van der Waals surface area contributed by atoms with Crippen LogP contribution in [0.4, 0.5) is 0 Å². The van der Waals surface area contributed by atoms with E-state index in [1.54, 1.807) is 0 Å². The zero-order valence-corrected chi connectivity index (χ0v) is 11.9. The third-order valence-corrected chi connectivity index (χ3v) is 3.79. The van der Waals surface area contributed by atoms with Gasteiger partial charge >= 0.3 is 0 Å². The summed E-state index contributed by atoms with van der Waals surface area (Å²) >= 11 is 3.39. The van der Waals surface area contributed by atoms with Crippen LogP contribution in [0.25, 0.3) is 0 Å². The fourth-order valence-corrected chi connectivity index (χ4v) is 2.60. The van der Waals surface area contributed by atoms with E-state index in [0.29, 0.717) is 0 Å². The van der Waals surface area contributed by atoms with Crippen molar-refractivity contribution in [3.63, 3.8) is 0 Å². The monoisotopic (exact) mass is 297 g/mol. The van der Waals surface area contributed by atoms with Gasteiger partial charge in [-0.15, -0.1) is 0 Å². The van der Waals surface area contributed by atoms with Crippen molar-refractivity contribution in [1.82, 2.24) is 15.2 Å². The Hall–Kier alpha value is -0.450. The molecule has 0 saturated carbocycles. The topological polar surface area (TPSA) is 28.2 Å². The number of aromatic nitrogens is 1. The second-order valence-corrected chi connectivity index (χ2v) is 5.64. The minimum Gasteiger partial charge on any atom is -0.311 e. The van der Waals surface area contributed by atoms with Crippen LogP contribution in [0, 0.1) is 5.92 Å². The molecule has 0 aromatic carbocycles. The highest BCUT2D eigenvalue weighted by molar-refractivity contribution is 9.10. The molecule has 3 nitrogen and oxygen atoms in total. The van der Waals surface area contributed by atoms with Crippen LogP contribution < -0.4 is 5.32 Å². The largest absolute Gasteiger partial charge is 0.311 e. The van der Waals surface area contributed by atoms with Crippen LogP contribution in [0.15, 0.2) is 22.8 Å². The Morgan fingerprint density at radius 2 is 2.18 bits per heavy atom. The molecule has 94 valence electrons. The first kappa shape index (κ1) is 13.0. The molecule has 1 aliphatic heterocycles. The minimum absolute atomic E-state index is 0.832. The van der Waals surface area contributed by atoms with E-state index in [4.69, 9.17) is 0 Å². The van der Waals surface area contributed by atoms with E-state index in [-0.39, 0.29) is 0 Å². The van der Waals surface area contributed by atoms with Gasteiger partial charge in [0, 0.05) is 6.54 Å². The molecular formula is C13H20BrN3. The zero-order valence-electron chi connectivity index (χ0n) is 10.3. The Bertz CT molecular complexity index is 348. The average Bonchev–Trinajstić information content (AvgIpc) is 2.32. The maximum atomic E-state index is 4.41. The number of nitrogens with one attached hydrogen (secondary N) is 1. The van der Waals surface area contributed by atoms with Crippen molar-refractivity contribution >= 4 is 15.9 Å². The molecule has 2 rings (SSSR count). The maximum Gasteiger partial charge on any atom is 0.106 e. The summed E-state index contributed by atoms with van der Waals surface area (Å²) in [6.45, 7) is 4.46. The molecule has 0 unspecified atom stereocenters. The van der Waals surface area contributed by atoms with E-state index >= 15 is 0 Å². The van der Waals surface area contributed by atoms with E-state index in [9.17, 15) is 0 Å². The molecular weight excluding hydrogens is 278 g/mol. The highest BCUT2D eigenvalue weighted by Crippen LogP contribution is 2.14. The molecule has 1 saturated heterocycles. The second kappa shape index (κ2) is 6.47. The van der Waals surface area contributed by atoms with E-state index < -0.39 is 0 Å². The van der Waals surface area contributed by atoms with Gasteiger partial charge in [-0.3, -0.25) is 0 Å². The van der Waals surface area contributed by atoms with Gasteiger partial charge in [0.05, 0.1) is 5.69 Å². The molecule has 1 fully saturated rings. The van der Waals surface area contributed by atoms with Gasteiger partial charge in [0.2, 0.25) is 0 Å². The number of piperidine rings is 1. The van der Waals surface area contributed by atoms with Crippen molar-refractivity contribution in [3.05, 3.63) is 28.5 Å². The van der Waals surface area contributed by atoms with Crippen LogP contribution in [-0.4, -0.2) is 36.6 Å². The van der Waals surface area contributed by atoms with Gasteiger partial charge in [0.25, 0.3) is 0 Å². The van der Waals surface area contributed by atoms with Crippen molar-refractivity contribution in [1.29, 1.82) is 0 Å².